The molecule has 20 heavy (non-hydrogen) atoms. The molecule has 6 heteroatoms. The summed E-state index contributed by atoms with van der Waals surface area (Å²) in [5.41, 5.74) is 1.33. The zero-order valence-corrected chi connectivity index (χ0v) is 11.5. The molecule has 0 aliphatic rings. The average Bonchev–Trinajstić information content (AvgIpc) is 2.89. The molecule has 0 unspecified atom stereocenters. The molecule has 2 aromatic heterocycles. The number of carbonyl (C=O) groups is 1. The molecule has 1 amide bonds. The van der Waals surface area contributed by atoms with E-state index in [1.165, 1.54) is 11.3 Å². The standard InChI is InChI=1S/C14H11N3O2S/c1-19-12-7-11-10(8-15-12)16-14(20-11)17-13(18)9-5-3-2-4-6-9/h2-8H,1H3,(H,16,17,18). The van der Waals surface area contributed by atoms with Gasteiger partial charge in [0.2, 0.25) is 5.88 Å². The Bertz CT molecular complexity index is 755. The molecule has 1 N–H and O–H groups in total. The molecule has 100 valence electrons. The predicted octanol–water partition coefficient (Wildman–Crippen LogP) is 2.95. The molecule has 1 aromatic carbocycles. The van der Waals surface area contributed by atoms with Gasteiger partial charge in [-0.15, -0.1) is 0 Å². The van der Waals surface area contributed by atoms with Gasteiger partial charge in [0.05, 0.1) is 18.0 Å². The summed E-state index contributed by atoms with van der Waals surface area (Å²) in [7, 11) is 1.56. The number of benzene rings is 1. The Hall–Kier alpha value is -2.47. The highest BCUT2D eigenvalue weighted by Gasteiger charge is 2.10. The summed E-state index contributed by atoms with van der Waals surface area (Å²) in [5.74, 6) is 0.353. The van der Waals surface area contributed by atoms with Gasteiger partial charge in [0.15, 0.2) is 5.13 Å². The molecule has 3 rings (SSSR count). The summed E-state index contributed by atoms with van der Waals surface area (Å²) in [6.07, 6.45) is 1.63. The van der Waals surface area contributed by atoms with Crippen molar-refractivity contribution in [1.82, 2.24) is 9.97 Å². The summed E-state index contributed by atoms with van der Waals surface area (Å²) in [5, 5.41) is 3.33. The summed E-state index contributed by atoms with van der Waals surface area (Å²) >= 11 is 1.39. The van der Waals surface area contributed by atoms with Crippen molar-refractivity contribution in [3.8, 4) is 5.88 Å². The van der Waals surface area contributed by atoms with Crippen LogP contribution in [0.4, 0.5) is 5.13 Å². The Morgan fingerprint density at radius 1 is 1.30 bits per heavy atom. The van der Waals surface area contributed by atoms with Gasteiger partial charge in [0.1, 0.15) is 5.52 Å². The van der Waals surface area contributed by atoms with Gasteiger partial charge in [-0.2, -0.15) is 0 Å². The number of hydrogen-bond acceptors (Lipinski definition) is 5. The number of nitrogens with zero attached hydrogens (tertiary/aromatic N) is 2. The highest BCUT2D eigenvalue weighted by molar-refractivity contribution is 7.22. The fraction of sp³-hybridized carbons (Fsp3) is 0.0714. The number of anilines is 1. The van der Waals surface area contributed by atoms with Crippen molar-refractivity contribution >= 4 is 32.6 Å². The zero-order chi connectivity index (χ0) is 13.9. The van der Waals surface area contributed by atoms with Gasteiger partial charge in [-0.25, -0.2) is 9.97 Å². The molecule has 0 spiro atoms. The maximum absolute atomic E-state index is 12.0. The van der Waals surface area contributed by atoms with Crippen molar-refractivity contribution in [2.75, 3.05) is 12.4 Å². The van der Waals surface area contributed by atoms with Gasteiger partial charge in [-0.05, 0) is 12.1 Å². The first-order chi connectivity index (χ1) is 9.76. The smallest absolute Gasteiger partial charge is 0.257 e. The lowest BCUT2D eigenvalue weighted by Gasteiger charge is -2.00. The fourth-order valence-electron chi connectivity index (χ4n) is 1.74. The minimum atomic E-state index is -0.176. The van der Waals surface area contributed by atoms with Crippen molar-refractivity contribution in [2.45, 2.75) is 0 Å². The van der Waals surface area contributed by atoms with Crippen LogP contribution in [0.25, 0.3) is 10.2 Å². The van der Waals surface area contributed by atoms with Crippen molar-refractivity contribution in [3.63, 3.8) is 0 Å². The largest absolute Gasteiger partial charge is 0.481 e. The summed E-state index contributed by atoms with van der Waals surface area (Å²) in [6.45, 7) is 0. The molecule has 2 heterocycles. The van der Waals surface area contributed by atoms with Crippen LogP contribution in [0.5, 0.6) is 5.88 Å². The van der Waals surface area contributed by atoms with Crippen LogP contribution < -0.4 is 10.1 Å². The molecule has 0 radical (unpaired) electrons. The first-order valence-corrected chi connectivity index (χ1v) is 6.75. The van der Waals surface area contributed by atoms with Crippen molar-refractivity contribution < 1.29 is 9.53 Å². The monoisotopic (exact) mass is 285 g/mol. The van der Waals surface area contributed by atoms with Crippen LogP contribution >= 0.6 is 11.3 Å². The van der Waals surface area contributed by atoms with E-state index in [9.17, 15) is 4.79 Å². The van der Waals surface area contributed by atoms with E-state index >= 15 is 0 Å². The predicted molar refractivity (Wildman–Crippen MR) is 78.4 cm³/mol. The molecule has 0 aliphatic carbocycles. The van der Waals surface area contributed by atoms with Crippen LogP contribution in [0.2, 0.25) is 0 Å². The second-order valence-electron chi connectivity index (χ2n) is 4.03. The Labute approximate surface area is 119 Å². The SMILES string of the molecule is COc1cc2sc(NC(=O)c3ccccc3)nc2cn1. The molecule has 0 aliphatic heterocycles. The Kier molecular flexibility index (Phi) is 3.30. The maximum Gasteiger partial charge on any atom is 0.257 e. The lowest BCUT2D eigenvalue weighted by Crippen LogP contribution is -2.11. The summed E-state index contributed by atoms with van der Waals surface area (Å²) in [6, 6.07) is 10.8. The summed E-state index contributed by atoms with van der Waals surface area (Å²) in [4.78, 5) is 20.4. The minimum Gasteiger partial charge on any atom is -0.481 e. The Morgan fingerprint density at radius 2 is 2.10 bits per heavy atom. The fourth-order valence-corrected chi connectivity index (χ4v) is 2.60. The maximum atomic E-state index is 12.0. The third kappa shape index (κ3) is 2.46. The van der Waals surface area contributed by atoms with E-state index in [1.54, 1.807) is 31.5 Å². The Morgan fingerprint density at radius 3 is 2.85 bits per heavy atom. The zero-order valence-electron chi connectivity index (χ0n) is 10.7. The third-order valence-electron chi connectivity index (χ3n) is 2.72. The van der Waals surface area contributed by atoms with Crippen LogP contribution in [-0.4, -0.2) is 23.0 Å². The average molecular weight is 285 g/mol. The van der Waals surface area contributed by atoms with E-state index in [1.807, 2.05) is 18.2 Å². The van der Waals surface area contributed by atoms with E-state index in [4.69, 9.17) is 4.74 Å². The number of thiazole rings is 1. The van der Waals surface area contributed by atoms with Gasteiger partial charge in [-0.3, -0.25) is 10.1 Å². The van der Waals surface area contributed by atoms with E-state index < -0.39 is 0 Å². The van der Waals surface area contributed by atoms with Gasteiger partial charge >= 0.3 is 0 Å². The van der Waals surface area contributed by atoms with Gasteiger partial charge < -0.3 is 4.74 Å². The molecule has 0 fully saturated rings. The van der Waals surface area contributed by atoms with Gasteiger partial charge in [-0.1, -0.05) is 29.5 Å². The van der Waals surface area contributed by atoms with Gasteiger partial charge in [0.25, 0.3) is 5.91 Å². The summed E-state index contributed by atoms with van der Waals surface area (Å²) < 4.78 is 5.98. The number of rotatable bonds is 3. The number of aromatic nitrogens is 2. The minimum absolute atomic E-state index is 0.176. The van der Waals surface area contributed by atoms with Crippen molar-refractivity contribution in [1.29, 1.82) is 0 Å². The molecule has 3 aromatic rings. The topological polar surface area (TPSA) is 64.1 Å². The third-order valence-corrected chi connectivity index (χ3v) is 3.65. The van der Waals surface area contributed by atoms with Crippen molar-refractivity contribution in [3.05, 3.63) is 48.2 Å². The highest BCUT2D eigenvalue weighted by atomic mass is 32.1. The number of ether oxygens (including phenoxy) is 1. The van der Waals surface area contributed by atoms with Crippen LogP contribution in [-0.2, 0) is 0 Å². The van der Waals surface area contributed by atoms with E-state index in [0.717, 1.165) is 10.2 Å². The molecule has 0 saturated carbocycles. The van der Waals surface area contributed by atoms with E-state index in [2.05, 4.69) is 15.3 Å². The van der Waals surface area contributed by atoms with Crippen molar-refractivity contribution in [2.24, 2.45) is 0 Å². The highest BCUT2D eigenvalue weighted by Crippen LogP contribution is 2.27. The van der Waals surface area contributed by atoms with Crippen LogP contribution in [0.1, 0.15) is 10.4 Å². The van der Waals surface area contributed by atoms with E-state index in [-0.39, 0.29) is 5.91 Å². The van der Waals surface area contributed by atoms with Crippen LogP contribution in [0, 0.1) is 0 Å². The molecular weight excluding hydrogens is 274 g/mol. The first-order valence-electron chi connectivity index (χ1n) is 5.93. The van der Waals surface area contributed by atoms with Crippen LogP contribution in [0.3, 0.4) is 0 Å². The number of nitrogens with one attached hydrogen (secondary N) is 1. The normalized spacial score (nSPS) is 10.4. The first kappa shape index (κ1) is 12.6. The number of methoxy groups -OCH3 is 1. The molecule has 0 saturated heterocycles. The lowest BCUT2D eigenvalue weighted by molar-refractivity contribution is 0.102. The van der Waals surface area contributed by atoms with Gasteiger partial charge in [0, 0.05) is 11.6 Å². The second-order valence-corrected chi connectivity index (χ2v) is 5.06. The number of fused-ring (bicyclic) bond motifs is 1. The van der Waals surface area contributed by atoms with Crippen LogP contribution in [0.15, 0.2) is 42.6 Å². The van der Waals surface area contributed by atoms with E-state index in [0.29, 0.717) is 16.6 Å². The number of pyridine rings is 1. The lowest BCUT2D eigenvalue weighted by atomic mass is 10.2. The molecule has 0 bridgehead atoms. The number of hydrogen-bond donors (Lipinski definition) is 1. The molecule has 0 atom stereocenters. The quantitative estimate of drug-likeness (QED) is 0.803. The Balaban J connectivity index is 1.86. The number of amides is 1. The molecule has 5 nitrogen and oxygen atoms in total. The molecular formula is C14H11N3O2S. The second kappa shape index (κ2) is 5.26. The number of carbonyl (C=O) groups excluding carboxylic acids is 1.